The van der Waals surface area contributed by atoms with Gasteiger partial charge in [0.1, 0.15) is 6.04 Å². The van der Waals surface area contributed by atoms with Crippen molar-refractivity contribution in [3.63, 3.8) is 0 Å². The molecule has 3 N–H and O–H groups in total. The van der Waals surface area contributed by atoms with Crippen LogP contribution in [0, 0.1) is 0 Å². The van der Waals surface area contributed by atoms with E-state index in [-0.39, 0.29) is 6.61 Å². The van der Waals surface area contributed by atoms with E-state index < -0.39 is 23.8 Å². The second kappa shape index (κ2) is 4.14. The molecule has 0 saturated heterocycles. The van der Waals surface area contributed by atoms with E-state index in [0.717, 1.165) is 0 Å². The number of aliphatic hydroxyl groups is 1. The van der Waals surface area contributed by atoms with Gasteiger partial charge in [0.25, 0.3) is 0 Å². The molecular weight excluding hydrogens is 203 g/mol. The predicted octanol–water partition coefficient (Wildman–Crippen LogP) is 0.190. The fraction of sp³-hybridized carbons (Fsp3) is 0.857. The second-order valence-electron chi connectivity index (χ2n) is 2.88. The van der Waals surface area contributed by atoms with E-state index in [1.165, 1.54) is 6.92 Å². The van der Waals surface area contributed by atoms with Crippen LogP contribution in [0.4, 0.5) is 13.2 Å². The SMILES string of the molecule is CCOC(=O)C(N)C(C)(O)C(F)(F)F. The highest BCUT2D eigenvalue weighted by Gasteiger charge is 2.56. The zero-order chi connectivity index (χ0) is 11.6. The molecular formula is C7H12F3NO3. The van der Waals surface area contributed by atoms with Gasteiger partial charge in [-0.3, -0.25) is 4.79 Å². The Hall–Kier alpha value is -0.820. The highest BCUT2D eigenvalue weighted by molar-refractivity contribution is 5.77. The smallest absolute Gasteiger partial charge is 0.419 e. The molecule has 0 aliphatic rings. The molecule has 0 heterocycles. The standard InChI is InChI=1S/C7H12F3NO3/c1-3-14-5(12)4(11)6(2,13)7(8,9)10/h4,13H,3,11H2,1-2H3. The van der Waals surface area contributed by atoms with Crippen molar-refractivity contribution in [3.05, 3.63) is 0 Å². The summed E-state index contributed by atoms with van der Waals surface area (Å²) in [7, 11) is 0. The van der Waals surface area contributed by atoms with E-state index >= 15 is 0 Å². The summed E-state index contributed by atoms with van der Waals surface area (Å²) < 4.78 is 40.7. The van der Waals surface area contributed by atoms with Gasteiger partial charge in [-0.15, -0.1) is 0 Å². The molecule has 0 spiro atoms. The van der Waals surface area contributed by atoms with Crippen molar-refractivity contribution >= 4 is 5.97 Å². The number of rotatable bonds is 3. The van der Waals surface area contributed by atoms with E-state index in [2.05, 4.69) is 4.74 Å². The van der Waals surface area contributed by atoms with Crippen molar-refractivity contribution in [2.45, 2.75) is 31.7 Å². The minimum Gasteiger partial charge on any atom is -0.465 e. The van der Waals surface area contributed by atoms with E-state index in [1.54, 1.807) is 0 Å². The van der Waals surface area contributed by atoms with Crippen LogP contribution in [0.5, 0.6) is 0 Å². The molecule has 0 saturated carbocycles. The zero-order valence-corrected chi connectivity index (χ0v) is 7.76. The summed E-state index contributed by atoms with van der Waals surface area (Å²) in [4.78, 5) is 10.8. The lowest BCUT2D eigenvalue weighted by atomic mass is 9.97. The van der Waals surface area contributed by atoms with Crippen LogP contribution in [-0.4, -0.2) is 35.5 Å². The molecule has 0 bridgehead atoms. The summed E-state index contributed by atoms with van der Waals surface area (Å²) in [5.41, 5.74) is 1.64. The third-order valence-electron chi connectivity index (χ3n) is 1.72. The molecule has 0 aliphatic heterocycles. The first-order valence-corrected chi connectivity index (χ1v) is 3.86. The van der Waals surface area contributed by atoms with Gasteiger partial charge >= 0.3 is 12.1 Å². The average molecular weight is 215 g/mol. The fourth-order valence-corrected chi connectivity index (χ4v) is 0.638. The number of halogens is 3. The van der Waals surface area contributed by atoms with Crippen molar-refractivity contribution in [3.8, 4) is 0 Å². The number of esters is 1. The molecule has 0 aliphatic carbocycles. The Morgan fingerprint density at radius 1 is 1.57 bits per heavy atom. The Labute approximate surface area is 78.8 Å². The van der Waals surface area contributed by atoms with Crippen LogP contribution in [-0.2, 0) is 9.53 Å². The monoisotopic (exact) mass is 215 g/mol. The average Bonchev–Trinajstić information content (AvgIpc) is 2.01. The van der Waals surface area contributed by atoms with Gasteiger partial charge in [0, 0.05) is 0 Å². The van der Waals surface area contributed by atoms with Gasteiger partial charge in [-0.1, -0.05) is 0 Å². The maximum absolute atomic E-state index is 12.1. The molecule has 4 nitrogen and oxygen atoms in total. The van der Waals surface area contributed by atoms with Crippen LogP contribution in [0.3, 0.4) is 0 Å². The molecule has 0 fully saturated rings. The first-order chi connectivity index (χ1) is 6.14. The van der Waals surface area contributed by atoms with E-state index in [0.29, 0.717) is 6.92 Å². The maximum atomic E-state index is 12.1. The normalized spacial score (nSPS) is 18.5. The molecule has 0 radical (unpaired) electrons. The number of alkyl halides is 3. The van der Waals surface area contributed by atoms with Crippen molar-refractivity contribution in [2.24, 2.45) is 5.73 Å². The number of hydrogen-bond acceptors (Lipinski definition) is 4. The predicted molar refractivity (Wildman–Crippen MR) is 41.3 cm³/mol. The molecule has 0 rings (SSSR count). The Morgan fingerprint density at radius 2 is 2.00 bits per heavy atom. The van der Waals surface area contributed by atoms with Gasteiger partial charge in [-0.2, -0.15) is 13.2 Å². The summed E-state index contributed by atoms with van der Waals surface area (Å²) in [6.07, 6.45) is -4.97. The largest absolute Gasteiger partial charge is 0.465 e. The second-order valence-corrected chi connectivity index (χ2v) is 2.88. The summed E-state index contributed by atoms with van der Waals surface area (Å²) in [5.74, 6) is -1.28. The topological polar surface area (TPSA) is 72.5 Å². The van der Waals surface area contributed by atoms with Crippen LogP contribution in [0.2, 0.25) is 0 Å². The molecule has 0 amide bonds. The molecule has 2 unspecified atom stereocenters. The Morgan fingerprint density at radius 3 is 2.29 bits per heavy atom. The van der Waals surface area contributed by atoms with Crippen molar-refractivity contribution in [2.75, 3.05) is 6.61 Å². The minimum absolute atomic E-state index is 0.0968. The summed E-state index contributed by atoms with van der Waals surface area (Å²) in [6, 6.07) is -2.14. The van der Waals surface area contributed by atoms with Gasteiger partial charge in [0.2, 0.25) is 0 Å². The van der Waals surface area contributed by atoms with E-state index in [4.69, 9.17) is 10.8 Å². The minimum atomic E-state index is -4.97. The van der Waals surface area contributed by atoms with Gasteiger partial charge < -0.3 is 15.6 Å². The highest BCUT2D eigenvalue weighted by atomic mass is 19.4. The van der Waals surface area contributed by atoms with Crippen molar-refractivity contribution in [1.29, 1.82) is 0 Å². The molecule has 2 atom stereocenters. The molecule has 84 valence electrons. The maximum Gasteiger partial charge on any atom is 0.419 e. The van der Waals surface area contributed by atoms with Gasteiger partial charge in [-0.25, -0.2) is 0 Å². The van der Waals surface area contributed by atoms with Crippen LogP contribution in [0.1, 0.15) is 13.8 Å². The molecule has 0 aromatic heterocycles. The van der Waals surface area contributed by atoms with Crippen molar-refractivity contribution < 1.29 is 27.8 Å². The quantitative estimate of drug-likeness (QED) is 0.659. The number of carbonyl (C=O) groups excluding carboxylic acids is 1. The molecule has 0 aromatic rings. The first-order valence-electron chi connectivity index (χ1n) is 3.86. The van der Waals surface area contributed by atoms with E-state index in [1.807, 2.05) is 0 Å². The Balaban J connectivity index is 4.66. The molecule has 0 aromatic carbocycles. The summed E-state index contributed by atoms with van der Waals surface area (Å²) in [6.45, 7) is 1.75. The van der Waals surface area contributed by atoms with Crippen LogP contribution in [0.15, 0.2) is 0 Å². The number of nitrogens with two attached hydrogens (primary N) is 1. The molecule has 7 heteroatoms. The van der Waals surface area contributed by atoms with Crippen LogP contribution >= 0.6 is 0 Å². The zero-order valence-electron chi connectivity index (χ0n) is 7.76. The first kappa shape index (κ1) is 13.2. The van der Waals surface area contributed by atoms with E-state index in [9.17, 15) is 18.0 Å². The summed E-state index contributed by atoms with van der Waals surface area (Å²) in [5, 5.41) is 8.97. The lowest BCUT2D eigenvalue weighted by molar-refractivity contribution is -0.260. The van der Waals surface area contributed by atoms with Crippen LogP contribution < -0.4 is 5.73 Å². The fourth-order valence-electron chi connectivity index (χ4n) is 0.638. The van der Waals surface area contributed by atoms with Gasteiger partial charge in [-0.05, 0) is 13.8 Å². The van der Waals surface area contributed by atoms with Crippen LogP contribution in [0.25, 0.3) is 0 Å². The van der Waals surface area contributed by atoms with Gasteiger partial charge in [0.05, 0.1) is 6.61 Å². The van der Waals surface area contributed by atoms with Crippen molar-refractivity contribution in [1.82, 2.24) is 0 Å². The Kier molecular flexibility index (Phi) is 3.90. The summed E-state index contributed by atoms with van der Waals surface area (Å²) >= 11 is 0. The number of carbonyl (C=O) groups is 1. The lowest BCUT2D eigenvalue weighted by Crippen LogP contribution is -2.59. The Bertz CT molecular complexity index is 215. The molecule has 14 heavy (non-hydrogen) atoms. The lowest BCUT2D eigenvalue weighted by Gasteiger charge is -2.30. The van der Waals surface area contributed by atoms with Gasteiger partial charge in [0.15, 0.2) is 5.60 Å². The number of hydrogen-bond donors (Lipinski definition) is 2. The highest BCUT2D eigenvalue weighted by Crippen LogP contribution is 2.32. The number of ether oxygens (including phenoxy) is 1. The third kappa shape index (κ3) is 2.58. The third-order valence-corrected chi connectivity index (χ3v) is 1.72.